The van der Waals surface area contributed by atoms with Gasteiger partial charge in [0.1, 0.15) is 5.82 Å². The SMILES string of the molecule is S=C(NCCSc1ccccc1)Nc1cccc(-c2nnc3n2CCCCC3)c1. The molecule has 7 heteroatoms. The van der Waals surface area contributed by atoms with Gasteiger partial charge >= 0.3 is 0 Å². The van der Waals surface area contributed by atoms with Crippen LogP contribution in [-0.4, -0.2) is 32.2 Å². The minimum absolute atomic E-state index is 0.635. The molecule has 0 atom stereocenters. The average molecular weight is 424 g/mol. The molecule has 5 nitrogen and oxygen atoms in total. The van der Waals surface area contributed by atoms with Gasteiger partial charge in [-0.3, -0.25) is 0 Å². The number of aryl methyl sites for hydroxylation is 1. The van der Waals surface area contributed by atoms with Crippen molar-refractivity contribution in [3.8, 4) is 11.4 Å². The molecule has 1 aliphatic heterocycles. The van der Waals surface area contributed by atoms with Gasteiger partial charge in [-0.25, -0.2) is 0 Å². The van der Waals surface area contributed by atoms with Crippen molar-refractivity contribution in [3.63, 3.8) is 0 Å². The number of hydrogen-bond acceptors (Lipinski definition) is 4. The third kappa shape index (κ3) is 5.36. The van der Waals surface area contributed by atoms with Gasteiger partial charge in [0.2, 0.25) is 0 Å². The molecule has 2 aromatic carbocycles. The molecule has 0 fully saturated rings. The van der Waals surface area contributed by atoms with Gasteiger partial charge in [-0.1, -0.05) is 36.8 Å². The third-order valence-corrected chi connectivity index (χ3v) is 6.15. The van der Waals surface area contributed by atoms with Crippen molar-refractivity contribution in [1.29, 1.82) is 0 Å². The summed E-state index contributed by atoms with van der Waals surface area (Å²) in [5.74, 6) is 3.00. The Morgan fingerprint density at radius 2 is 1.93 bits per heavy atom. The summed E-state index contributed by atoms with van der Waals surface area (Å²) in [6.07, 6.45) is 4.65. The lowest BCUT2D eigenvalue weighted by Gasteiger charge is -2.12. The van der Waals surface area contributed by atoms with Gasteiger partial charge in [-0.2, -0.15) is 0 Å². The van der Waals surface area contributed by atoms with Crippen LogP contribution in [0.1, 0.15) is 25.1 Å². The number of nitrogens with one attached hydrogen (secondary N) is 2. The molecule has 0 saturated carbocycles. The van der Waals surface area contributed by atoms with E-state index in [0.29, 0.717) is 5.11 Å². The minimum atomic E-state index is 0.635. The van der Waals surface area contributed by atoms with Gasteiger partial charge in [-0.05, 0) is 49.3 Å². The average Bonchev–Trinajstić information content (AvgIpc) is 3.00. The minimum Gasteiger partial charge on any atom is -0.362 e. The molecule has 3 aromatic rings. The van der Waals surface area contributed by atoms with Gasteiger partial charge in [0.15, 0.2) is 10.9 Å². The first-order valence-corrected chi connectivity index (χ1v) is 11.4. The van der Waals surface area contributed by atoms with E-state index in [1.54, 1.807) is 0 Å². The van der Waals surface area contributed by atoms with Crippen LogP contribution in [-0.2, 0) is 13.0 Å². The highest BCUT2D eigenvalue weighted by Gasteiger charge is 2.16. The first-order valence-electron chi connectivity index (χ1n) is 10.0. The molecule has 0 unspecified atom stereocenters. The Labute approximate surface area is 181 Å². The first-order chi connectivity index (χ1) is 14.3. The number of nitrogens with zero attached hydrogens (tertiary/aromatic N) is 3. The van der Waals surface area contributed by atoms with E-state index in [0.717, 1.165) is 48.2 Å². The molecular formula is C22H25N5S2. The number of thioether (sulfide) groups is 1. The normalized spacial score (nSPS) is 13.4. The Kier molecular flexibility index (Phi) is 6.79. The zero-order valence-corrected chi connectivity index (χ0v) is 17.9. The van der Waals surface area contributed by atoms with Crippen LogP contribution in [0.4, 0.5) is 5.69 Å². The fourth-order valence-electron chi connectivity index (χ4n) is 3.46. The van der Waals surface area contributed by atoms with Crippen LogP contribution in [0.3, 0.4) is 0 Å². The zero-order chi connectivity index (χ0) is 19.9. The predicted octanol–water partition coefficient (Wildman–Crippen LogP) is 4.75. The number of benzene rings is 2. The number of thiocarbonyl (C=S) groups is 1. The maximum absolute atomic E-state index is 5.46. The maximum Gasteiger partial charge on any atom is 0.170 e. The van der Waals surface area contributed by atoms with Gasteiger partial charge < -0.3 is 15.2 Å². The molecule has 0 radical (unpaired) electrons. The van der Waals surface area contributed by atoms with Crippen LogP contribution in [0.2, 0.25) is 0 Å². The van der Waals surface area contributed by atoms with Crippen molar-refractivity contribution in [2.24, 2.45) is 0 Å². The molecule has 0 saturated heterocycles. The fourth-order valence-corrected chi connectivity index (χ4v) is 4.47. The van der Waals surface area contributed by atoms with Crippen LogP contribution in [0.25, 0.3) is 11.4 Å². The van der Waals surface area contributed by atoms with E-state index in [2.05, 4.69) is 61.8 Å². The second-order valence-corrected chi connectivity index (χ2v) is 8.60. The molecule has 29 heavy (non-hydrogen) atoms. The fraction of sp³-hybridized carbons (Fsp3) is 0.318. The van der Waals surface area contributed by atoms with Crippen LogP contribution in [0, 0.1) is 0 Å². The van der Waals surface area contributed by atoms with Crippen molar-refractivity contribution in [3.05, 3.63) is 60.4 Å². The number of hydrogen-bond donors (Lipinski definition) is 2. The van der Waals surface area contributed by atoms with E-state index in [-0.39, 0.29) is 0 Å². The van der Waals surface area contributed by atoms with Crippen molar-refractivity contribution in [2.75, 3.05) is 17.6 Å². The standard InChI is InChI=1S/C22H25N5S2/c28-22(23-13-15-29-19-10-3-1-4-11-19)24-18-9-7-8-17(16-18)21-26-25-20-12-5-2-6-14-27(20)21/h1,3-4,7-11,16H,2,5-6,12-15H2,(H2,23,24,28). The molecule has 1 aliphatic rings. The topological polar surface area (TPSA) is 54.8 Å². The largest absolute Gasteiger partial charge is 0.362 e. The Morgan fingerprint density at radius 3 is 2.83 bits per heavy atom. The third-order valence-electron chi connectivity index (χ3n) is 4.89. The Hall–Kier alpha value is -2.38. The van der Waals surface area contributed by atoms with Gasteiger partial charge in [0.25, 0.3) is 0 Å². The summed E-state index contributed by atoms with van der Waals surface area (Å²) in [6.45, 7) is 1.80. The summed E-state index contributed by atoms with van der Waals surface area (Å²) in [5, 5.41) is 16.1. The summed E-state index contributed by atoms with van der Waals surface area (Å²) in [5.41, 5.74) is 2.03. The van der Waals surface area contributed by atoms with Crippen molar-refractivity contribution in [1.82, 2.24) is 20.1 Å². The van der Waals surface area contributed by atoms with Crippen molar-refractivity contribution >= 4 is 34.8 Å². The number of aromatic nitrogens is 3. The Bertz CT molecular complexity index is 955. The molecule has 0 amide bonds. The monoisotopic (exact) mass is 423 g/mol. The van der Waals surface area contributed by atoms with Crippen LogP contribution in [0.5, 0.6) is 0 Å². The van der Waals surface area contributed by atoms with E-state index in [1.807, 2.05) is 30.0 Å². The van der Waals surface area contributed by atoms with Crippen LogP contribution >= 0.6 is 24.0 Å². The van der Waals surface area contributed by atoms with Gasteiger partial charge in [0, 0.05) is 41.4 Å². The Morgan fingerprint density at radius 1 is 1.03 bits per heavy atom. The summed E-state index contributed by atoms with van der Waals surface area (Å²) in [7, 11) is 0. The summed E-state index contributed by atoms with van der Waals surface area (Å²) < 4.78 is 2.27. The first kappa shape index (κ1) is 19.9. The lowest BCUT2D eigenvalue weighted by Crippen LogP contribution is -2.30. The lowest BCUT2D eigenvalue weighted by atomic mass is 10.2. The number of rotatable bonds is 6. The highest BCUT2D eigenvalue weighted by molar-refractivity contribution is 7.99. The molecule has 0 spiro atoms. The predicted molar refractivity (Wildman–Crippen MR) is 124 cm³/mol. The van der Waals surface area contributed by atoms with E-state index in [9.17, 15) is 0 Å². The molecule has 2 heterocycles. The lowest BCUT2D eigenvalue weighted by molar-refractivity contribution is 0.636. The van der Waals surface area contributed by atoms with E-state index in [1.165, 1.54) is 24.2 Å². The van der Waals surface area contributed by atoms with Crippen LogP contribution < -0.4 is 10.6 Å². The van der Waals surface area contributed by atoms with Gasteiger partial charge in [-0.15, -0.1) is 22.0 Å². The van der Waals surface area contributed by atoms with Crippen LogP contribution in [0.15, 0.2) is 59.5 Å². The van der Waals surface area contributed by atoms with Gasteiger partial charge in [0.05, 0.1) is 0 Å². The second-order valence-electron chi connectivity index (χ2n) is 7.03. The molecule has 2 N–H and O–H groups in total. The molecule has 1 aromatic heterocycles. The highest BCUT2D eigenvalue weighted by Crippen LogP contribution is 2.25. The molecule has 150 valence electrons. The van der Waals surface area contributed by atoms with Crippen molar-refractivity contribution < 1.29 is 0 Å². The van der Waals surface area contributed by atoms with E-state index < -0.39 is 0 Å². The smallest absolute Gasteiger partial charge is 0.170 e. The van der Waals surface area contributed by atoms with Crippen molar-refractivity contribution in [2.45, 2.75) is 37.1 Å². The summed E-state index contributed by atoms with van der Waals surface area (Å²) in [6, 6.07) is 18.6. The number of fused-ring (bicyclic) bond motifs is 1. The highest BCUT2D eigenvalue weighted by atomic mass is 32.2. The summed E-state index contributed by atoms with van der Waals surface area (Å²) in [4.78, 5) is 1.27. The van der Waals surface area contributed by atoms with E-state index >= 15 is 0 Å². The maximum atomic E-state index is 5.46. The second kappa shape index (κ2) is 9.89. The molecular weight excluding hydrogens is 398 g/mol. The molecule has 4 rings (SSSR count). The zero-order valence-electron chi connectivity index (χ0n) is 16.3. The van der Waals surface area contributed by atoms with E-state index in [4.69, 9.17) is 12.2 Å². The quantitative estimate of drug-likeness (QED) is 0.339. The number of anilines is 1. The summed E-state index contributed by atoms with van der Waals surface area (Å²) >= 11 is 7.28. The molecule has 0 bridgehead atoms. The molecule has 0 aliphatic carbocycles. The Balaban J connectivity index is 1.33.